The second kappa shape index (κ2) is 14.2. The summed E-state index contributed by atoms with van der Waals surface area (Å²) >= 11 is 4.69. The largest absolute Gasteiger partial charge is 0.436 e. The van der Waals surface area contributed by atoms with Crippen molar-refractivity contribution in [2.24, 2.45) is 0 Å². The fourth-order valence-corrected chi connectivity index (χ4v) is 9.78. The standard InChI is InChI=1S/C34H43BrF3N7O4S/c1-41-16-25-15-24(41)17-45(25)23-3-7-42(8-4-23)31(46)29(14-20-12-26(34(36,37)38)30(39)27(35)13-20)49-33(48)43-9-5-22(6-10-43)44-11-2-21-18-50-19-28(21)40-32(44)47/h12-13,18-19,22-25,29H,2-11,14-17,39H2,1H3,(H,40,47)/t24?,25?,29-/m1/s1. The van der Waals surface area contributed by atoms with Crippen LogP contribution in [0.4, 0.5) is 34.1 Å². The summed E-state index contributed by atoms with van der Waals surface area (Å²) in [4.78, 5) is 50.7. The van der Waals surface area contributed by atoms with E-state index in [1.165, 1.54) is 17.4 Å². The maximum atomic E-state index is 14.1. The van der Waals surface area contributed by atoms with Gasteiger partial charge in [0.05, 0.1) is 16.9 Å². The molecule has 11 nitrogen and oxygen atoms in total. The van der Waals surface area contributed by atoms with Gasteiger partial charge in [-0.25, -0.2) is 9.59 Å². The molecule has 2 unspecified atom stereocenters. The zero-order valence-corrected chi connectivity index (χ0v) is 30.4. The van der Waals surface area contributed by atoms with E-state index in [0.717, 1.165) is 49.7 Å². The Labute approximate surface area is 302 Å². The number of benzene rings is 1. The molecule has 4 fully saturated rings. The maximum absolute atomic E-state index is 14.1. The van der Waals surface area contributed by atoms with Crippen LogP contribution in [0.5, 0.6) is 0 Å². The number of ether oxygens (including phenoxy) is 1. The van der Waals surface area contributed by atoms with Gasteiger partial charge in [-0.2, -0.15) is 13.2 Å². The van der Waals surface area contributed by atoms with E-state index < -0.39 is 35.5 Å². The number of likely N-dealkylation sites (N-methyl/N-ethyl adjacent to an activating group) is 1. The van der Waals surface area contributed by atoms with Crippen LogP contribution in [0, 0.1) is 0 Å². The normalized spacial score (nSPS) is 24.7. The predicted octanol–water partition coefficient (Wildman–Crippen LogP) is 5.09. The topological polar surface area (TPSA) is 115 Å². The molecular formula is C34H43BrF3N7O4S. The minimum absolute atomic E-state index is 0.0563. The molecule has 3 atom stereocenters. The van der Waals surface area contributed by atoms with Gasteiger partial charge in [-0.15, -0.1) is 11.3 Å². The van der Waals surface area contributed by atoms with Crippen LogP contribution in [0.1, 0.15) is 48.8 Å². The van der Waals surface area contributed by atoms with Crippen molar-refractivity contribution in [3.8, 4) is 0 Å². The highest BCUT2D eigenvalue weighted by molar-refractivity contribution is 9.10. The summed E-state index contributed by atoms with van der Waals surface area (Å²) in [7, 11) is 2.16. The molecule has 0 radical (unpaired) electrons. The zero-order valence-electron chi connectivity index (χ0n) is 28.0. The molecule has 5 aliphatic heterocycles. The Hall–Kier alpha value is -3.08. The van der Waals surface area contributed by atoms with Gasteiger partial charge < -0.3 is 35.4 Å². The minimum atomic E-state index is -4.70. The van der Waals surface area contributed by atoms with Crippen molar-refractivity contribution >= 4 is 56.7 Å². The average Bonchev–Trinajstić information content (AvgIpc) is 3.79. The van der Waals surface area contributed by atoms with Crippen molar-refractivity contribution in [2.75, 3.05) is 63.9 Å². The SMILES string of the molecule is CN1CC2CC1CN2C1CCN(C(=O)[C@@H](Cc2cc(Br)c(N)c(C(F)(F)F)c2)OC(=O)N2CCC(N3CCc4cscc4NC3=O)CC2)CC1. The molecule has 2 aromatic rings. The highest BCUT2D eigenvalue weighted by Gasteiger charge is 2.45. The Balaban J connectivity index is 1.02. The van der Waals surface area contributed by atoms with Crippen LogP contribution in [-0.2, 0) is 28.5 Å². The molecule has 4 amide bonds. The molecule has 1 aromatic carbocycles. The molecule has 5 aliphatic rings. The molecule has 7 rings (SSSR count). The number of alkyl halides is 3. The molecule has 50 heavy (non-hydrogen) atoms. The number of piperazine rings is 1. The number of hydrogen-bond acceptors (Lipinski definition) is 8. The van der Waals surface area contributed by atoms with Gasteiger partial charge >= 0.3 is 18.3 Å². The lowest BCUT2D eigenvalue weighted by Crippen LogP contribution is -2.55. The van der Waals surface area contributed by atoms with Gasteiger partial charge in [0, 0.05) is 86.3 Å². The van der Waals surface area contributed by atoms with Gasteiger partial charge in [0.15, 0.2) is 6.10 Å². The number of anilines is 2. The third kappa shape index (κ3) is 7.17. The van der Waals surface area contributed by atoms with Crippen molar-refractivity contribution < 1.29 is 32.3 Å². The van der Waals surface area contributed by atoms with Crippen molar-refractivity contribution in [2.45, 2.75) is 81.4 Å². The first-order valence-corrected chi connectivity index (χ1v) is 19.1. The van der Waals surface area contributed by atoms with Gasteiger partial charge in [-0.3, -0.25) is 9.69 Å². The Bertz CT molecular complexity index is 1610. The number of nitrogens with zero attached hydrogens (tertiary/aromatic N) is 5. The summed E-state index contributed by atoms with van der Waals surface area (Å²) in [5.41, 5.74) is 6.42. The van der Waals surface area contributed by atoms with E-state index in [2.05, 4.69) is 38.1 Å². The smallest absolute Gasteiger partial charge is 0.418 e. The third-order valence-electron chi connectivity index (χ3n) is 11.3. The summed E-state index contributed by atoms with van der Waals surface area (Å²) < 4.78 is 47.5. The summed E-state index contributed by atoms with van der Waals surface area (Å²) in [5, 5.41) is 6.96. The summed E-state index contributed by atoms with van der Waals surface area (Å²) in [6.45, 7) is 4.26. The maximum Gasteiger partial charge on any atom is 0.418 e. The molecule has 6 heterocycles. The van der Waals surface area contributed by atoms with E-state index in [0.29, 0.717) is 63.7 Å². The molecule has 3 N–H and O–H groups in total. The molecule has 272 valence electrons. The first-order chi connectivity index (χ1) is 23.9. The number of urea groups is 1. The Kier molecular flexibility index (Phi) is 10.00. The van der Waals surface area contributed by atoms with Crippen molar-refractivity contribution in [1.82, 2.24) is 24.5 Å². The number of likely N-dealkylation sites (tertiary alicyclic amines) is 4. The van der Waals surface area contributed by atoms with Crippen molar-refractivity contribution in [1.29, 1.82) is 0 Å². The molecular weight excluding hydrogens is 739 g/mol. The van der Waals surface area contributed by atoms with Gasteiger partial charge in [-0.1, -0.05) is 0 Å². The number of nitrogens with one attached hydrogen (secondary N) is 1. The van der Waals surface area contributed by atoms with E-state index in [4.69, 9.17) is 10.5 Å². The molecule has 16 heteroatoms. The first-order valence-electron chi connectivity index (χ1n) is 17.3. The van der Waals surface area contributed by atoms with E-state index in [-0.39, 0.29) is 28.5 Å². The van der Waals surface area contributed by atoms with Gasteiger partial charge in [-0.05, 0) is 90.1 Å². The number of fused-ring (bicyclic) bond motifs is 3. The second-order valence-electron chi connectivity index (χ2n) is 14.3. The molecule has 1 aromatic heterocycles. The van der Waals surface area contributed by atoms with Crippen molar-refractivity contribution in [3.05, 3.63) is 44.1 Å². The summed E-state index contributed by atoms with van der Waals surface area (Å²) in [6.07, 6.45) is -2.38. The van der Waals surface area contributed by atoms with E-state index in [9.17, 15) is 27.6 Å². The Morgan fingerprint density at radius 2 is 1.70 bits per heavy atom. The van der Waals surface area contributed by atoms with Crippen LogP contribution in [0.2, 0.25) is 0 Å². The lowest BCUT2D eigenvalue weighted by molar-refractivity contribution is -0.142. The lowest BCUT2D eigenvalue weighted by atomic mass is 9.99. The number of thiophene rings is 1. The summed E-state index contributed by atoms with van der Waals surface area (Å²) in [6, 6.07) is 3.62. The highest BCUT2D eigenvalue weighted by atomic mass is 79.9. The molecule has 2 bridgehead atoms. The summed E-state index contributed by atoms with van der Waals surface area (Å²) in [5.74, 6) is -0.413. The number of nitrogen functional groups attached to an aromatic ring is 1. The molecule has 0 spiro atoms. The number of piperidine rings is 2. The van der Waals surface area contributed by atoms with Crippen LogP contribution in [0.3, 0.4) is 0 Å². The number of halogens is 4. The Morgan fingerprint density at radius 1 is 1.00 bits per heavy atom. The van der Waals surface area contributed by atoms with Gasteiger partial charge in [0.25, 0.3) is 5.91 Å². The van der Waals surface area contributed by atoms with Crippen LogP contribution < -0.4 is 11.1 Å². The number of carbonyl (C=O) groups excluding carboxylic acids is 3. The minimum Gasteiger partial charge on any atom is -0.436 e. The van der Waals surface area contributed by atoms with E-state index in [1.807, 2.05) is 15.7 Å². The van der Waals surface area contributed by atoms with E-state index >= 15 is 0 Å². The van der Waals surface area contributed by atoms with Crippen molar-refractivity contribution in [3.63, 3.8) is 0 Å². The second-order valence-corrected chi connectivity index (χ2v) is 15.8. The van der Waals surface area contributed by atoms with Crippen LogP contribution in [0.25, 0.3) is 0 Å². The number of nitrogens with two attached hydrogens (primary N) is 1. The predicted molar refractivity (Wildman–Crippen MR) is 187 cm³/mol. The number of rotatable bonds is 6. The quantitative estimate of drug-likeness (QED) is 0.393. The van der Waals surface area contributed by atoms with Crippen LogP contribution >= 0.6 is 27.3 Å². The third-order valence-corrected chi connectivity index (χ3v) is 12.7. The molecule has 0 aliphatic carbocycles. The molecule has 4 saturated heterocycles. The van der Waals surface area contributed by atoms with Gasteiger partial charge in [0.2, 0.25) is 0 Å². The van der Waals surface area contributed by atoms with Crippen LogP contribution in [0.15, 0.2) is 27.4 Å². The average molecular weight is 783 g/mol. The van der Waals surface area contributed by atoms with Crippen LogP contribution in [-0.4, -0.2) is 126 Å². The first kappa shape index (κ1) is 35.3. The number of hydrogen-bond donors (Lipinski definition) is 2. The van der Waals surface area contributed by atoms with E-state index in [1.54, 1.807) is 16.2 Å². The molecule has 0 saturated carbocycles. The number of amides is 4. The Morgan fingerprint density at radius 3 is 2.36 bits per heavy atom. The fraction of sp³-hybridized carbons (Fsp3) is 0.618. The lowest BCUT2D eigenvalue weighted by Gasteiger charge is -2.42. The fourth-order valence-electron chi connectivity index (χ4n) is 8.45. The zero-order chi connectivity index (χ0) is 35.3. The highest BCUT2D eigenvalue weighted by Crippen LogP contribution is 2.39. The number of carbonyl (C=O) groups is 3. The monoisotopic (exact) mass is 781 g/mol. The van der Waals surface area contributed by atoms with Gasteiger partial charge in [0.1, 0.15) is 0 Å².